The molecule has 0 aliphatic carbocycles. The summed E-state index contributed by atoms with van der Waals surface area (Å²) >= 11 is 0. The van der Waals surface area contributed by atoms with Crippen LogP contribution in [0.3, 0.4) is 0 Å². The number of nitrogens with zero attached hydrogens (tertiary/aromatic N) is 1. The molecule has 3 aromatic carbocycles. The first kappa shape index (κ1) is 28.7. The first-order valence-electron chi connectivity index (χ1n) is 13.6. The number of ketones is 1. The molecule has 1 amide bonds. The zero-order valence-corrected chi connectivity index (χ0v) is 24.2. The number of amides is 1. The van der Waals surface area contributed by atoms with Gasteiger partial charge in [0.2, 0.25) is 0 Å². The van der Waals surface area contributed by atoms with Gasteiger partial charge in [0.1, 0.15) is 11.5 Å². The normalized spacial score (nSPS) is 16.5. The fourth-order valence-electron chi connectivity index (χ4n) is 5.17. The predicted octanol–water partition coefficient (Wildman–Crippen LogP) is 6.86. The molecule has 1 N–H and O–H groups in total. The Morgan fingerprint density at radius 1 is 0.925 bits per heavy atom. The van der Waals surface area contributed by atoms with Gasteiger partial charge in [0.15, 0.2) is 11.5 Å². The summed E-state index contributed by atoms with van der Waals surface area (Å²) in [5, 5.41) is 11.8. The Morgan fingerprint density at radius 3 is 2.25 bits per heavy atom. The monoisotopic (exact) mass is 543 g/mol. The molecule has 40 heavy (non-hydrogen) atoms. The molecule has 1 unspecified atom stereocenters. The van der Waals surface area contributed by atoms with E-state index in [2.05, 4.69) is 0 Å². The van der Waals surface area contributed by atoms with Crippen molar-refractivity contribution in [1.29, 1.82) is 0 Å². The summed E-state index contributed by atoms with van der Waals surface area (Å²) in [7, 11) is 1.61. The Balaban J connectivity index is 1.97. The number of carbonyl (C=O) groups excluding carboxylic acids is 2. The molecule has 0 saturated carbocycles. The van der Waals surface area contributed by atoms with Crippen LogP contribution < -0.4 is 19.1 Å². The van der Waals surface area contributed by atoms with E-state index in [9.17, 15) is 14.7 Å². The number of aliphatic hydroxyl groups is 1. The second kappa shape index (κ2) is 11.9. The topological polar surface area (TPSA) is 85.3 Å². The van der Waals surface area contributed by atoms with E-state index in [4.69, 9.17) is 14.2 Å². The van der Waals surface area contributed by atoms with Gasteiger partial charge in [-0.15, -0.1) is 0 Å². The first-order chi connectivity index (χ1) is 19.1. The van der Waals surface area contributed by atoms with Crippen molar-refractivity contribution in [2.45, 2.75) is 53.5 Å². The summed E-state index contributed by atoms with van der Waals surface area (Å²) < 4.78 is 17.1. The SMILES string of the molecule is CCOc1ccc(N2C(=O)C(=O)/C(=C(/O)c3cc(C(C)C)c(OC)cc3C)C2c2cccc(C)c2)cc1OCC. The van der Waals surface area contributed by atoms with Crippen LogP contribution in [-0.2, 0) is 9.59 Å². The summed E-state index contributed by atoms with van der Waals surface area (Å²) in [6.45, 7) is 12.5. The van der Waals surface area contributed by atoms with Crippen LogP contribution in [0.25, 0.3) is 5.76 Å². The predicted molar refractivity (Wildman–Crippen MR) is 157 cm³/mol. The van der Waals surface area contributed by atoms with Crippen LogP contribution in [-0.4, -0.2) is 37.1 Å². The zero-order chi connectivity index (χ0) is 29.1. The molecular weight excluding hydrogens is 506 g/mol. The Hall–Kier alpha value is -4.26. The lowest BCUT2D eigenvalue weighted by Gasteiger charge is -2.27. The van der Waals surface area contributed by atoms with Crippen molar-refractivity contribution in [3.63, 3.8) is 0 Å². The van der Waals surface area contributed by atoms with Crippen molar-refractivity contribution in [3.8, 4) is 17.2 Å². The minimum absolute atomic E-state index is 0.0328. The lowest BCUT2D eigenvalue weighted by Crippen LogP contribution is -2.29. The van der Waals surface area contributed by atoms with Gasteiger partial charge in [-0.05, 0) is 74.6 Å². The summed E-state index contributed by atoms with van der Waals surface area (Å²) in [5.74, 6) is 0.138. The molecule has 0 aromatic heterocycles. The van der Waals surface area contributed by atoms with E-state index in [0.717, 1.165) is 16.7 Å². The number of anilines is 1. The second-order valence-electron chi connectivity index (χ2n) is 10.1. The van der Waals surface area contributed by atoms with Gasteiger partial charge >= 0.3 is 0 Å². The molecule has 1 aliphatic rings. The van der Waals surface area contributed by atoms with Crippen LogP contribution in [0.1, 0.15) is 67.5 Å². The standard InChI is InChI=1S/C33H37NO6/c1-8-39-26-14-13-23(17-28(26)40-9-2)34-30(22-12-10-11-20(5)15-22)29(32(36)33(34)37)31(35)25-18-24(19(3)4)27(38-7)16-21(25)6/h10-19,30,35H,8-9H2,1-7H3/b31-29+. The van der Waals surface area contributed by atoms with Crippen LogP contribution in [0, 0.1) is 13.8 Å². The van der Waals surface area contributed by atoms with E-state index in [1.807, 2.05) is 77.9 Å². The number of carbonyl (C=O) groups is 2. The summed E-state index contributed by atoms with van der Waals surface area (Å²) in [5.41, 5.74) is 4.29. The first-order valence-corrected chi connectivity index (χ1v) is 13.6. The van der Waals surface area contributed by atoms with Crippen molar-refractivity contribution >= 4 is 23.1 Å². The highest BCUT2D eigenvalue weighted by Gasteiger charge is 2.47. The van der Waals surface area contributed by atoms with Crippen molar-refractivity contribution in [2.75, 3.05) is 25.2 Å². The summed E-state index contributed by atoms with van der Waals surface area (Å²) in [6, 6.07) is 15.6. The third-order valence-corrected chi connectivity index (χ3v) is 7.06. The number of Topliss-reactive ketones (excluding diaryl/α,β-unsaturated/α-hetero) is 1. The minimum Gasteiger partial charge on any atom is -0.507 e. The van der Waals surface area contributed by atoms with Gasteiger partial charge < -0.3 is 19.3 Å². The quantitative estimate of drug-likeness (QED) is 0.180. The largest absolute Gasteiger partial charge is 0.507 e. The molecule has 7 nitrogen and oxygen atoms in total. The number of benzene rings is 3. The number of ether oxygens (including phenoxy) is 3. The van der Waals surface area contributed by atoms with Crippen LogP contribution >= 0.6 is 0 Å². The van der Waals surface area contributed by atoms with E-state index in [0.29, 0.717) is 47.3 Å². The number of methoxy groups -OCH3 is 1. The van der Waals surface area contributed by atoms with Crippen LogP contribution in [0.15, 0.2) is 60.2 Å². The fraction of sp³-hybridized carbons (Fsp3) is 0.333. The average Bonchev–Trinajstić information content (AvgIpc) is 3.19. The van der Waals surface area contributed by atoms with Crippen LogP contribution in [0.4, 0.5) is 5.69 Å². The highest BCUT2D eigenvalue weighted by molar-refractivity contribution is 6.51. The molecule has 1 saturated heterocycles. The van der Waals surface area contributed by atoms with Gasteiger partial charge in [-0.2, -0.15) is 0 Å². The van der Waals surface area contributed by atoms with Crippen LogP contribution in [0.5, 0.6) is 17.2 Å². The summed E-state index contributed by atoms with van der Waals surface area (Å²) in [4.78, 5) is 28.8. The molecule has 1 aliphatic heterocycles. The fourth-order valence-corrected chi connectivity index (χ4v) is 5.17. The van der Waals surface area contributed by atoms with E-state index >= 15 is 0 Å². The third-order valence-electron chi connectivity index (χ3n) is 7.06. The number of aryl methyl sites for hydroxylation is 2. The lowest BCUT2D eigenvalue weighted by atomic mass is 9.90. The zero-order valence-electron chi connectivity index (χ0n) is 24.2. The molecule has 3 aromatic rings. The van der Waals surface area contributed by atoms with E-state index in [-0.39, 0.29) is 17.3 Å². The number of rotatable bonds is 9. The molecule has 1 atom stereocenters. The van der Waals surface area contributed by atoms with Crippen molar-refractivity contribution in [1.82, 2.24) is 0 Å². The number of hydrogen-bond donors (Lipinski definition) is 1. The number of hydrogen-bond acceptors (Lipinski definition) is 6. The van der Waals surface area contributed by atoms with Gasteiger partial charge in [-0.25, -0.2) is 0 Å². The highest BCUT2D eigenvalue weighted by atomic mass is 16.5. The Labute approximate surface area is 236 Å². The molecule has 4 rings (SSSR count). The molecule has 0 radical (unpaired) electrons. The molecule has 1 heterocycles. The van der Waals surface area contributed by atoms with Gasteiger partial charge in [0.25, 0.3) is 11.7 Å². The van der Waals surface area contributed by atoms with Crippen LogP contribution in [0.2, 0.25) is 0 Å². The van der Waals surface area contributed by atoms with E-state index in [1.54, 1.807) is 25.3 Å². The van der Waals surface area contributed by atoms with Gasteiger partial charge in [0.05, 0.1) is 31.9 Å². The van der Waals surface area contributed by atoms with Gasteiger partial charge in [-0.1, -0.05) is 43.7 Å². The van der Waals surface area contributed by atoms with Crippen molar-refractivity contribution < 1.29 is 28.9 Å². The maximum atomic E-state index is 13.7. The minimum atomic E-state index is -0.851. The van der Waals surface area contributed by atoms with Crippen molar-refractivity contribution in [2.24, 2.45) is 0 Å². The Kier molecular flexibility index (Phi) is 8.52. The maximum absolute atomic E-state index is 13.7. The van der Waals surface area contributed by atoms with Gasteiger partial charge in [0, 0.05) is 17.3 Å². The average molecular weight is 544 g/mol. The molecule has 1 fully saturated rings. The molecular formula is C33H37NO6. The Morgan fingerprint density at radius 2 is 1.62 bits per heavy atom. The lowest BCUT2D eigenvalue weighted by molar-refractivity contribution is -0.132. The molecule has 0 bridgehead atoms. The number of aliphatic hydroxyl groups excluding tert-OH is 1. The highest BCUT2D eigenvalue weighted by Crippen LogP contribution is 2.45. The van der Waals surface area contributed by atoms with Gasteiger partial charge in [-0.3, -0.25) is 14.5 Å². The Bertz CT molecular complexity index is 1470. The second-order valence-corrected chi connectivity index (χ2v) is 10.1. The molecule has 0 spiro atoms. The maximum Gasteiger partial charge on any atom is 0.300 e. The van der Waals surface area contributed by atoms with E-state index < -0.39 is 17.7 Å². The smallest absolute Gasteiger partial charge is 0.300 e. The van der Waals surface area contributed by atoms with E-state index in [1.165, 1.54) is 4.90 Å². The molecule has 210 valence electrons. The summed E-state index contributed by atoms with van der Waals surface area (Å²) in [6.07, 6.45) is 0. The third kappa shape index (κ3) is 5.28. The molecule has 7 heteroatoms. The van der Waals surface area contributed by atoms with Crippen molar-refractivity contribution in [3.05, 3.63) is 88.0 Å².